The maximum atomic E-state index is 12.5. The SMILES string of the molecule is Cc1cc(CSc2ncccc2C(=O)NCCC(=O)N2CCCC2)no1. The fourth-order valence-electron chi connectivity index (χ4n) is 2.81. The van der Waals surface area contributed by atoms with Gasteiger partial charge in [0.1, 0.15) is 10.8 Å². The summed E-state index contributed by atoms with van der Waals surface area (Å²) < 4.78 is 5.05. The van der Waals surface area contributed by atoms with Crippen LogP contribution in [0.25, 0.3) is 0 Å². The van der Waals surface area contributed by atoms with Gasteiger partial charge in [-0.15, -0.1) is 0 Å². The van der Waals surface area contributed by atoms with Gasteiger partial charge in [0.15, 0.2) is 0 Å². The number of carbonyl (C=O) groups excluding carboxylic acids is 2. The first-order valence-corrected chi connectivity index (χ1v) is 9.68. The monoisotopic (exact) mass is 374 g/mol. The van der Waals surface area contributed by atoms with E-state index in [1.807, 2.05) is 17.9 Å². The number of amides is 2. The van der Waals surface area contributed by atoms with Crippen molar-refractivity contribution >= 4 is 23.6 Å². The Kier molecular flexibility index (Phi) is 6.27. The predicted octanol–water partition coefficient (Wildman–Crippen LogP) is 2.41. The number of hydrogen-bond donors (Lipinski definition) is 1. The first-order chi connectivity index (χ1) is 12.6. The second-order valence-electron chi connectivity index (χ2n) is 6.17. The number of pyridine rings is 1. The molecule has 0 aromatic carbocycles. The molecular weight excluding hydrogens is 352 g/mol. The summed E-state index contributed by atoms with van der Waals surface area (Å²) in [5, 5.41) is 7.40. The standard InChI is InChI=1S/C18H22N4O3S/c1-13-11-14(21-25-13)12-26-18-15(5-4-7-20-18)17(24)19-8-6-16(23)22-9-2-3-10-22/h4-5,7,11H,2-3,6,8-10,12H2,1H3,(H,19,24). The third kappa shape index (κ3) is 4.85. The summed E-state index contributed by atoms with van der Waals surface area (Å²) in [4.78, 5) is 30.6. The molecule has 2 aromatic rings. The van der Waals surface area contributed by atoms with E-state index in [0.29, 0.717) is 29.3 Å². The molecule has 1 N–H and O–H groups in total. The number of hydrogen-bond acceptors (Lipinski definition) is 6. The summed E-state index contributed by atoms with van der Waals surface area (Å²) in [6.45, 7) is 3.83. The van der Waals surface area contributed by atoms with Crippen LogP contribution in [0.5, 0.6) is 0 Å². The molecule has 1 aliphatic rings. The van der Waals surface area contributed by atoms with Crippen LogP contribution in [-0.4, -0.2) is 46.5 Å². The Morgan fingerprint density at radius 3 is 2.88 bits per heavy atom. The van der Waals surface area contributed by atoms with Crippen molar-refractivity contribution in [2.75, 3.05) is 19.6 Å². The molecule has 26 heavy (non-hydrogen) atoms. The molecule has 0 atom stereocenters. The highest BCUT2D eigenvalue weighted by atomic mass is 32.2. The van der Waals surface area contributed by atoms with E-state index in [-0.39, 0.29) is 11.8 Å². The van der Waals surface area contributed by atoms with Crippen LogP contribution in [-0.2, 0) is 10.5 Å². The zero-order valence-electron chi connectivity index (χ0n) is 14.7. The van der Waals surface area contributed by atoms with Crippen LogP contribution in [0, 0.1) is 6.92 Å². The third-order valence-corrected chi connectivity index (χ3v) is 5.17. The Morgan fingerprint density at radius 1 is 1.35 bits per heavy atom. The first-order valence-electron chi connectivity index (χ1n) is 8.69. The normalized spacial score (nSPS) is 13.8. The van der Waals surface area contributed by atoms with Gasteiger partial charge in [0.2, 0.25) is 5.91 Å². The molecule has 0 bridgehead atoms. The smallest absolute Gasteiger partial charge is 0.254 e. The van der Waals surface area contributed by atoms with Gasteiger partial charge in [0, 0.05) is 44.1 Å². The minimum absolute atomic E-state index is 0.102. The van der Waals surface area contributed by atoms with Crippen molar-refractivity contribution in [3.05, 3.63) is 41.4 Å². The molecule has 1 fully saturated rings. The molecule has 0 saturated carbocycles. The quantitative estimate of drug-likeness (QED) is 0.749. The largest absolute Gasteiger partial charge is 0.361 e. The van der Waals surface area contributed by atoms with Crippen LogP contribution in [0.4, 0.5) is 0 Å². The lowest BCUT2D eigenvalue weighted by Crippen LogP contribution is -2.32. The van der Waals surface area contributed by atoms with Crippen molar-refractivity contribution in [2.24, 2.45) is 0 Å². The lowest BCUT2D eigenvalue weighted by Gasteiger charge is -2.15. The minimum Gasteiger partial charge on any atom is -0.361 e. The van der Waals surface area contributed by atoms with Crippen LogP contribution < -0.4 is 5.32 Å². The van der Waals surface area contributed by atoms with Gasteiger partial charge in [0.05, 0.1) is 11.3 Å². The van der Waals surface area contributed by atoms with Crippen LogP contribution in [0.15, 0.2) is 33.9 Å². The fraction of sp³-hybridized carbons (Fsp3) is 0.444. The highest BCUT2D eigenvalue weighted by molar-refractivity contribution is 7.98. The molecule has 3 heterocycles. The Labute approximate surface area is 156 Å². The molecule has 2 amide bonds. The predicted molar refractivity (Wildman–Crippen MR) is 97.8 cm³/mol. The molecule has 7 nitrogen and oxygen atoms in total. The first kappa shape index (κ1) is 18.4. The summed E-state index contributed by atoms with van der Waals surface area (Å²) in [5.74, 6) is 1.21. The van der Waals surface area contributed by atoms with E-state index in [1.54, 1.807) is 18.3 Å². The van der Waals surface area contributed by atoms with E-state index in [2.05, 4.69) is 15.5 Å². The molecule has 1 saturated heterocycles. The summed E-state index contributed by atoms with van der Waals surface area (Å²) >= 11 is 1.43. The van der Waals surface area contributed by atoms with Crippen LogP contribution in [0.2, 0.25) is 0 Å². The van der Waals surface area contributed by atoms with E-state index in [4.69, 9.17) is 4.52 Å². The third-order valence-electron chi connectivity index (χ3n) is 4.13. The highest BCUT2D eigenvalue weighted by Gasteiger charge is 2.18. The number of nitrogens with zero attached hydrogens (tertiary/aromatic N) is 3. The summed E-state index contributed by atoms with van der Waals surface area (Å²) in [6, 6.07) is 5.33. The molecular formula is C18H22N4O3S. The second kappa shape index (κ2) is 8.84. The van der Waals surface area contributed by atoms with Crippen molar-refractivity contribution in [1.82, 2.24) is 20.4 Å². The highest BCUT2D eigenvalue weighted by Crippen LogP contribution is 2.24. The summed E-state index contributed by atoms with van der Waals surface area (Å²) in [5.41, 5.74) is 1.31. The molecule has 0 radical (unpaired) electrons. The van der Waals surface area contributed by atoms with Crippen molar-refractivity contribution in [3.63, 3.8) is 0 Å². The van der Waals surface area contributed by atoms with Gasteiger partial charge in [-0.1, -0.05) is 16.9 Å². The van der Waals surface area contributed by atoms with Crippen LogP contribution in [0.3, 0.4) is 0 Å². The molecule has 1 aliphatic heterocycles. The minimum atomic E-state index is -0.217. The number of aryl methyl sites for hydroxylation is 1. The Bertz CT molecular complexity index is 771. The Morgan fingerprint density at radius 2 is 2.15 bits per heavy atom. The van der Waals surface area contributed by atoms with Gasteiger partial charge in [-0.25, -0.2) is 4.98 Å². The number of rotatable bonds is 7. The van der Waals surface area contributed by atoms with Gasteiger partial charge in [-0.3, -0.25) is 9.59 Å². The topological polar surface area (TPSA) is 88.3 Å². The van der Waals surface area contributed by atoms with E-state index in [1.165, 1.54) is 11.8 Å². The molecule has 2 aromatic heterocycles. The van der Waals surface area contributed by atoms with E-state index >= 15 is 0 Å². The van der Waals surface area contributed by atoms with Crippen LogP contribution >= 0.6 is 11.8 Å². The molecule has 138 valence electrons. The number of thioether (sulfide) groups is 1. The lowest BCUT2D eigenvalue weighted by molar-refractivity contribution is -0.129. The summed E-state index contributed by atoms with van der Waals surface area (Å²) in [7, 11) is 0. The number of likely N-dealkylation sites (tertiary alicyclic amines) is 1. The number of nitrogens with one attached hydrogen (secondary N) is 1. The van der Waals surface area contributed by atoms with E-state index < -0.39 is 0 Å². The fourth-order valence-corrected chi connectivity index (χ4v) is 3.68. The van der Waals surface area contributed by atoms with Crippen molar-refractivity contribution < 1.29 is 14.1 Å². The molecule has 3 rings (SSSR count). The van der Waals surface area contributed by atoms with Gasteiger partial charge >= 0.3 is 0 Å². The zero-order valence-corrected chi connectivity index (χ0v) is 15.6. The second-order valence-corrected chi connectivity index (χ2v) is 7.13. The molecule has 0 unspecified atom stereocenters. The van der Waals surface area contributed by atoms with Crippen LogP contribution in [0.1, 0.15) is 41.1 Å². The summed E-state index contributed by atoms with van der Waals surface area (Å²) in [6.07, 6.45) is 4.12. The van der Waals surface area contributed by atoms with Gasteiger partial charge < -0.3 is 14.7 Å². The Balaban J connectivity index is 1.52. The molecule has 0 spiro atoms. The Hall–Kier alpha value is -2.35. The van der Waals surface area contributed by atoms with Crippen molar-refractivity contribution in [2.45, 2.75) is 37.0 Å². The van der Waals surface area contributed by atoms with Crippen molar-refractivity contribution in [3.8, 4) is 0 Å². The van der Waals surface area contributed by atoms with Gasteiger partial charge in [-0.2, -0.15) is 0 Å². The maximum Gasteiger partial charge on any atom is 0.254 e. The van der Waals surface area contributed by atoms with E-state index in [9.17, 15) is 9.59 Å². The van der Waals surface area contributed by atoms with E-state index in [0.717, 1.165) is 37.4 Å². The number of aromatic nitrogens is 2. The van der Waals surface area contributed by atoms with Gasteiger partial charge in [-0.05, 0) is 31.9 Å². The molecule has 0 aliphatic carbocycles. The van der Waals surface area contributed by atoms with Gasteiger partial charge in [0.25, 0.3) is 5.91 Å². The lowest BCUT2D eigenvalue weighted by atomic mass is 10.2. The van der Waals surface area contributed by atoms with Crippen molar-refractivity contribution in [1.29, 1.82) is 0 Å². The average Bonchev–Trinajstić information content (AvgIpc) is 3.32. The maximum absolute atomic E-state index is 12.5. The number of carbonyl (C=O) groups is 2. The molecule has 8 heteroatoms. The zero-order chi connectivity index (χ0) is 18.4. The average molecular weight is 374 g/mol.